The number of carbonyl (C=O) groups is 1. The summed E-state index contributed by atoms with van der Waals surface area (Å²) >= 11 is 0. The molecule has 0 aromatic rings. The lowest BCUT2D eigenvalue weighted by molar-refractivity contribution is -0.152. The zero-order valence-corrected chi connectivity index (χ0v) is 11.4. The van der Waals surface area contributed by atoms with Crippen molar-refractivity contribution in [3.8, 4) is 0 Å². The molecule has 2 N–H and O–H groups in total. The van der Waals surface area contributed by atoms with Crippen molar-refractivity contribution in [1.82, 2.24) is 4.90 Å². The van der Waals surface area contributed by atoms with Gasteiger partial charge in [0.1, 0.15) is 0 Å². The van der Waals surface area contributed by atoms with Gasteiger partial charge in [-0.05, 0) is 44.9 Å². The monoisotopic (exact) mass is 238 g/mol. The molecule has 0 spiro atoms. The van der Waals surface area contributed by atoms with Gasteiger partial charge in [0, 0.05) is 18.6 Å². The van der Waals surface area contributed by atoms with E-state index >= 15 is 0 Å². The Balaban J connectivity index is 2.13. The molecule has 0 bridgehead atoms. The number of amides is 1. The van der Waals surface area contributed by atoms with Gasteiger partial charge in [0.05, 0.1) is 5.41 Å². The molecule has 2 fully saturated rings. The van der Waals surface area contributed by atoms with Crippen LogP contribution in [0.4, 0.5) is 0 Å². The van der Waals surface area contributed by atoms with Gasteiger partial charge < -0.3 is 10.6 Å². The second-order valence-corrected chi connectivity index (χ2v) is 6.20. The van der Waals surface area contributed by atoms with Gasteiger partial charge in [-0.15, -0.1) is 0 Å². The fourth-order valence-corrected chi connectivity index (χ4v) is 3.82. The molecule has 0 radical (unpaired) electrons. The van der Waals surface area contributed by atoms with Gasteiger partial charge in [0.15, 0.2) is 0 Å². The molecular formula is C14H26N2O. The van der Waals surface area contributed by atoms with Crippen LogP contribution in [0.5, 0.6) is 0 Å². The van der Waals surface area contributed by atoms with Crippen molar-refractivity contribution < 1.29 is 4.79 Å². The summed E-state index contributed by atoms with van der Waals surface area (Å²) in [6.45, 7) is 7.10. The van der Waals surface area contributed by atoms with E-state index in [1.54, 1.807) is 0 Å². The van der Waals surface area contributed by atoms with Gasteiger partial charge in [-0.2, -0.15) is 0 Å². The minimum atomic E-state index is -0.217. The van der Waals surface area contributed by atoms with Crippen LogP contribution in [0.3, 0.4) is 0 Å². The Morgan fingerprint density at radius 1 is 1.35 bits per heavy atom. The Hall–Kier alpha value is -0.570. The quantitative estimate of drug-likeness (QED) is 0.819. The van der Waals surface area contributed by atoms with E-state index in [9.17, 15) is 4.79 Å². The third-order valence-electron chi connectivity index (χ3n) is 4.81. The first-order chi connectivity index (χ1) is 8.04. The predicted molar refractivity (Wildman–Crippen MR) is 69.5 cm³/mol. The van der Waals surface area contributed by atoms with Crippen molar-refractivity contribution in [3.63, 3.8) is 0 Å². The van der Waals surface area contributed by atoms with E-state index < -0.39 is 0 Å². The largest absolute Gasteiger partial charge is 0.336 e. The van der Waals surface area contributed by atoms with Gasteiger partial charge >= 0.3 is 0 Å². The summed E-state index contributed by atoms with van der Waals surface area (Å²) in [6.07, 6.45) is 5.37. The summed E-state index contributed by atoms with van der Waals surface area (Å²) in [6, 6.07) is 0.864. The van der Waals surface area contributed by atoms with E-state index in [2.05, 4.69) is 25.7 Å². The van der Waals surface area contributed by atoms with E-state index in [0.717, 1.165) is 25.7 Å². The molecule has 1 amide bonds. The predicted octanol–water partition coefficient (Wildman–Crippen LogP) is 2.15. The zero-order valence-electron chi connectivity index (χ0n) is 11.4. The Labute approximate surface area is 105 Å². The Morgan fingerprint density at radius 2 is 2.00 bits per heavy atom. The lowest BCUT2D eigenvalue weighted by Gasteiger charge is -2.48. The summed E-state index contributed by atoms with van der Waals surface area (Å²) in [7, 11) is 0. The second kappa shape index (κ2) is 4.60. The summed E-state index contributed by atoms with van der Waals surface area (Å²) < 4.78 is 0. The maximum atomic E-state index is 12.8. The van der Waals surface area contributed by atoms with Crippen molar-refractivity contribution in [1.29, 1.82) is 0 Å². The molecule has 2 aliphatic rings. The lowest BCUT2D eigenvalue weighted by atomic mass is 9.61. The van der Waals surface area contributed by atoms with Crippen LogP contribution in [0.2, 0.25) is 0 Å². The van der Waals surface area contributed by atoms with Crippen LogP contribution in [0.1, 0.15) is 52.9 Å². The first kappa shape index (κ1) is 12.9. The highest BCUT2D eigenvalue weighted by atomic mass is 16.2. The van der Waals surface area contributed by atoms with Crippen LogP contribution in [0.15, 0.2) is 0 Å². The number of carbonyl (C=O) groups excluding carboxylic acids is 1. The zero-order chi connectivity index (χ0) is 12.6. The molecule has 2 rings (SSSR count). The molecule has 1 aliphatic carbocycles. The molecule has 2 atom stereocenters. The van der Waals surface area contributed by atoms with Gasteiger partial charge in [-0.1, -0.05) is 13.8 Å². The SMILES string of the molecule is CCC1CCC(C)N1C(=O)C1(CN)CC(C)C1. The molecule has 1 saturated heterocycles. The van der Waals surface area contributed by atoms with Crippen LogP contribution in [-0.4, -0.2) is 29.4 Å². The molecule has 1 saturated carbocycles. The molecule has 1 heterocycles. The highest BCUT2D eigenvalue weighted by Crippen LogP contribution is 2.47. The fourth-order valence-electron chi connectivity index (χ4n) is 3.82. The van der Waals surface area contributed by atoms with Crippen molar-refractivity contribution in [2.45, 2.75) is 65.0 Å². The highest BCUT2D eigenvalue weighted by Gasteiger charge is 2.51. The molecule has 17 heavy (non-hydrogen) atoms. The van der Waals surface area contributed by atoms with Gasteiger partial charge in [-0.3, -0.25) is 4.79 Å². The standard InChI is InChI=1S/C14H26N2O/c1-4-12-6-5-11(3)16(12)13(17)14(9-15)7-10(2)8-14/h10-12H,4-9,15H2,1-3H3. The van der Waals surface area contributed by atoms with Crippen molar-refractivity contribution in [3.05, 3.63) is 0 Å². The molecule has 3 nitrogen and oxygen atoms in total. The number of rotatable bonds is 3. The molecular weight excluding hydrogens is 212 g/mol. The molecule has 1 aliphatic heterocycles. The Kier molecular flexibility index (Phi) is 3.48. The van der Waals surface area contributed by atoms with Crippen LogP contribution >= 0.6 is 0 Å². The molecule has 3 heteroatoms. The number of nitrogens with two attached hydrogens (primary N) is 1. The lowest BCUT2D eigenvalue weighted by Crippen LogP contribution is -2.57. The summed E-state index contributed by atoms with van der Waals surface area (Å²) in [5.41, 5.74) is 5.67. The smallest absolute Gasteiger partial charge is 0.230 e. The summed E-state index contributed by atoms with van der Waals surface area (Å²) in [4.78, 5) is 14.9. The Bertz CT molecular complexity index is 297. The van der Waals surface area contributed by atoms with Crippen molar-refractivity contribution >= 4 is 5.91 Å². The first-order valence-electron chi connectivity index (χ1n) is 7.07. The number of likely N-dealkylation sites (tertiary alicyclic amines) is 1. The number of nitrogens with zero attached hydrogens (tertiary/aromatic N) is 1. The Morgan fingerprint density at radius 3 is 2.47 bits per heavy atom. The van der Waals surface area contributed by atoms with Crippen LogP contribution in [0.25, 0.3) is 0 Å². The minimum absolute atomic E-state index is 0.217. The van der Waals surface area contributed by atoms with Crippen LogP contribution in [0, 0.1) is 11.3 Å². The fraction of sp³-hybridized carbons (Fsp3) is 0.929. The van der Waals surface area contributed by atoms with Gasteiger partial charge in [0.2, 0.25) is 5.91 Å². The van der Waals surface area contributed by atoms with Gasteiger partial charge in [0.25, 0.3) is 0 Å². The summed E-state index contributed by atoms with van der Waals surface area (Å²) in [5, 5.41) is 0. The molecule has 2 unspecified atom stereocenters. The van der Waals surface area contributed by atoms with E-state index in [1.165, 1.54) is 6.42 Å². The highest BCUT2D eigenvalue weighted by molar-refractivity contribution is 5.85. The number of hydrogen-bond donors (Lipinski definition) is 1. The normalized spacial score (nSPS) is 41.4. The maximum Gasteiger partial charge on any atom is 0.230 e. The van der Waals surface area contributed by atoms with Crippen molar-refractivity contribution in [2.75, 3.05) is 6.54 Å². The third kappa shape index (κ3) is 1.99. The van der Waals surface area contributed by atoms with Crippen molar-refractivity contribution in [2.24, 2.45) is 17.1 Å². The second-order valence-electron chi connectivity index (χ2n) is 6.20. The number of hydrogen-bond acceptors (Lipinski definition) is 2. The van der Waals surface area contributed by atoms with E-state index in [-0.39, 0.29) is 5.41 Å². The van der Waals surface area contributed by atoms with Crippen LogP contribution in [-0.2, 0) is 4.79 Å². The van der Waals surface area contributed by atoms with E-state index in [4.69, 9.17) is 5.73 Å². The average Bonchev–Trinajstić information content (AvgIpc) is 2.64. The summed E-state index contributed by atoms with van der Waals surface area (Å²) in [5.74, 6) is 1.01. The topological polar surface area (TPSA) is 46.3 Å². The molecule has 98 valence electrons. The van der Waals surface area contributed by atoms with E-state index in [1.807, 2.05) is 0 Å². The molecule has 0 aromatic heterocycles. The average molecular weight is 238 g/mol. The molecule has 0 aromatic carbocycles. The van der Waals surface area contributed by atoms with E-state index in [0.29, 0.717) is 30.5 Å². The minimum Gasteiger partial charge on any atom is -0.336 e. The third-order valence-corrected chi connectivity index (χ3v) is 4.81. The van der Waals surface area contributed by atoms with Gasteiger partial charge in [-0.25, -0.2) is 0 Å². The maximum absolute atomic E-state index is 12.8. The first-order valence-corrected chi connectivity index (χ1v) is 7.07. The van der Waals surface area contributed by atoms with Crippen LogP contribution < -0.4 is 5.73 Å².